The summed E-state index contributed by atoms with van der Waals surface area (Å²) in [5.74, 6) is 0.643. The molecule has 0 aliphatic carbocycles. The first-order valence-electron chi connectivity index (χ1n) is 11.7. The van der Waals surface area contributed by atoms with Crippen LogP contribution in [0.2, 0.25) is 5.02 Å². The average Bonchev–Trinajstić information content (AvgIpc) is 3.53. The van der Waals surface area contributed by atoms with Crippen molar-refractivity contribution in [1.29, 1.82) is 0 Å². The highest BCUT2D eigenvalue weighted by Gasteiger charge is 2.16. The van der Waals surface area contributed by atoms with Crippen LogP contribution in [0, 0.1) is 6.92 Å². The van der Waals surface area contributed by atoms with Crippen LogP contribution in [0.3, 0.4) is 0 Å². The molecule has 0 atom stereocenters. The lowest BCUT2D eigenvalue weighted by atomic mass is 10.1. The maximum atomic E-state index is 12.6. The van der Waals surface area contributed by atoms with Crippen molar-refractivity contribution in [3.63, 3.8) is 0 Å². The Hall–Kier alpha value is -4.45. The highest BCUT2D eigenvalue weighted by Crippen LogP contribution is 2.29. The first kappa shape index (κ1) is 25.2. The van der Waals surface area contributed by atoms with Gasteiger partial charge >= 0.3 is 0 Å². The summed E-state index contributed by atoms with van der Waals surface area (Å²) in [6, 6.07) is 18.4. The largest absolute Gasteiger partial charge is 0.345 e. The summed E-state index contributed by atoms with van der Waals surface area (Å²) in [5, 5.41) is 22.8. The number of carbonyl (C=O) groups is 1. The van der Waals surface area contributed by atoms with Crippen molar-refractivity contribution in [2.45, 2.75) is 13.5 Å². The number of benzene rings is 2. The zero-order chi connectivity index (χ0) is 26.6. The van der Waals surface area contributed by atoms with Crippen LogP contribution >= 0.6 is 11.6 Å². The molecule has 1 amide bonds. The topological polar surface area (TPSA) is 129 Å². The van der Waals surface area contributed by atoms with Gasteiger partial charge < -0.3 is 10.2 Å². The molecule has 12 heteroatoms. The third kappa shape index (κ3) is 5.75. The molecule has 1 aliphatic heterocycles. The number of amides is 1. The SMILES string of the molecule is Cc1cc(Cl)cc(-c2cc(-c3ccc(OO)cn3)n(Cc3ccc(C(=O)NCC4=NNN(C)N4)cc3)n2)c1. The minimum Gasteiger partial charge on any atom is -0.345 e. The number of aryl methyl sites for hydroxylation is 1. The number of nitrogens with zero attached hydrogens (tertiary/aromatic N) is 5. The molecule has 0 unspecified atom stereocenters. The van der Waals surface area contributed by atoms with Crippen molar-refractivity contribution in [2.24, 2.45) is 5.10 Å². The number of nitrogens with one attached hydrogen (secondary N) is 3. The van der Waals surface area contributed by atoms with E-state index in [-0.39, 0.29) is 18.2 Å². The molecule has 194 valence electrons. The fourth-order valence-electron chi connectivity index (χ4n) is 4.01. The second-order valence-corrected chi connectivity index (χ2v) is 9.21. The van der Waals surface area contributed by atoms with Gasteiger partial charge in [-0.25, -0.2) is 10.8 Å². The van der Waals surface area contributed by atoms with E-state index in [1.807, 2.05) is 48.0 Å². The van der Waals surface area contributed by atoms with Gasteiger partial charge in [-0.15, -0.1) is 10.2 Å². The summed E-state index contributed by atoms with van der Waals surface area (Å²) in [4.78, 5) is 21.2. The first-order chi connectivity index (χ1) is 18.4. The van der Waals surface area contributed by atoms with Crippen molar-refractivity contribution in [2.75, 3.05) is 13.6 Å². The third-order valence-corrected chi connectivity index (χ3v) is 6.04. The maximum Gasteiger partial charge on any atom is 0.251 e. The quantitative estimate of drug-likeness (QED) is 0.200. The van der Waals surface area contributed by atoms with Gasteiger partial charge in [-0.2, -0.15) is 5.10 Å². The Kier molecular flexibility index (Phi) is 7.22. The van der Waals surface area contributed by atoms with E-state index in [4.69, 9.17) is 22.0 Å². The van der Waals surface area contributed by atoms with Gasteiger partial charge in [-0.3, -0.25) is 19.9 Å². The van der Waals surface area contributed by atoms with Gasteiger partial charge in [0.05, 0.1) is 36.4 Å². The Balaban J connectivity index is 1.38. The summed E-state index contributed by atoms with van der Waals surface area (Å²) in [6.07, 6.45) is 1.43. The predicted molar refractivity (Wildman–Crippen MR) is 143 cm³/mol. The molecule has 38 heavy (non-hydrogen) atoms. The number of carbonyl (C=O) groups excluding carboxylic acids is 1. The van der Waals surface area contributed by atoms with Crippen LogP contribution in [0.1, 0.15) is 21.5 Å². The lowest BCUT2D eigenvalue weighted by Crippen LogP contribution is -2.41. The molecule has 1 aliphatic rings. The molecule has 4 aromatic rings. The van der Waals surface area contributed by atoms with Crippen molar-refractivity contribution in [1.82, 2.24) is 36.2 Å². The van der Waals surface area contributed by atoms with E-state index in [2.05, 4.69) is 31.3 Å². The van der Waals surface area contributed by atoms with E-state index in [1.54, 1.807) is 36.4 Å². The average molecular weight is 533 g/mol. The zero-order valence-electron chi connectivity index (χ0n) is 20.6. The Bertz CT molecular complexity index is 1470. The number of halogens is 1. The van der Waals surface area contributed by atoms with Crippen molar-refractivity contribution >= 4 is 23.3 Å². The van der Waals surface area contributed by atoms with Crippen molar-refractivity contribution < 1.29 is 14.9 Å². The van der Waals surface area contributed by atoms with E-state index >= 15 is 0 Å². The summed E-state index contributed by atoms with van der Waals surface area (Å²) in [5.41, 5.74) is 11.3. The van der Waals surface area contributed by atoms with Gasteiger partial charge in [0.15, 0.2) is 11.6 Å². The number of hydrogen-bond acceptors (Lipinski definition) is 9. The highest BCUT2D eigenvalue weighted by atomic mass is 35.5. The standard InChI is InChI=1S/C26H25ClN8O3/c1-16-9-19(11-20(27)10-16)23-12-24(22-8-7-21(38-37)13-28-22)35(31-23)15-17-3-5-18(6-4-17)26(36)29-14-25-30-33-34(2)32-25/h3-13,33,37H,14-15H2,1-2H3,(H,29,36)(H,30,32). The molecular weight excluding hydrogens is 508 g/mol. The minimum absolute atomic E-state index is 0.204. The Morgan fingerprint density at radius 1 is 1.11 bits per heavy atom. The van der Waals surface area contributed by atoms with Crippen LogP contribution in [0.25, 0.3) is 22.6 Å². The molecule has 0 fully saturated rings. The number of aromatic nitrogens is 3. The minimum atomic E-state index is -0.204. The van der Waals surface area contributed by atoms with Gasteiger partial charge in [0.2, 0.25) is 0 Å². The van der Waals surface area contributed by atoms with E-state index in [0.717, 1.165) is 28.1 Å². The first-order valence-corrected chi connectivity index (χ1v) is 12.1. The number of amidine groups is 1. The number of hydrazine groups is 2. The second kappa shape index (κ2) is 10.9. The summed E-state index contributed by atoms with van der Waals surface area (Å²) < 4.78 is 1.84. The Morgan fingerprint density at radius 3 is 2.58 bits per heavy atom. The molecule has 3 heterocycles. The Morgan fingerprint density at radius 2 is 1.92 bits per heavy atom. The van der Waals surface area contributed by atoms with Crippen LogP contribution in [-0.4, -0.2) is 50.5 Å². The molecule has 2 aromatic heterocycles. The fourth-order valence-corrected chi connectivity index (χ4v) is 4.30. The van der Waals surface area contributed by atoms with Gasteiger partial charge in [-0.05, 0) is 66.6 Å². The molecule has 2 aromatic carbocycles. The van der Waals surface area contributed by atoms with Crippen molar-refractivity contribution in [3.8, 4) is 28.4 Å². The zero-order valence-corrected chi connectivity index (χ0v) is 21.4. The lowest BCUT2D eigenvalue weighted by molar-refractivity contribution is -0.137. The van der Waals surface area contributed by atoms with Crippen molar-refractivity contribution in [3.05, 3.63) is 88.6 Å². The summed E-state index contributed by atoms with van der Waals surface area (Å²) >= 11 is 6.30. The van der Waals surface area contributed by atoms with Crippen LogP contribution in [0.15, 0.2) is 72.0 Å². The second-order valence-electron chi connectivity index (χ2n) is 8.77. The van der Waals surface area contributed by atoms with Crippen LogP contribution in [0.4, 0.5) is 0 Å². The van der Waals surface area contributed by atoms with Gasteiger partial charge in [0.1, 0.15) is 0 Å². The lowest BCUT2D eigenvalue weighted by Gasteiger charge is -2.10. The molecular formula is C26H25ClN8O3. The third-order valence-electron chi connectivity index (χ3n) is 5.82. The summed E-state index contributed by atoms with van der Waals surface area (Å²) in [7, 11) is 1.77. The number of hydrazone groups is 1. The van der Waals surface area contributed by atoms with E-state index in [9.17, 15) is 4.79 Å². The smallest absolute Gasteiger partial charge is 0.251 e. The molecule has 0 saturated carbocycles. The highest BCUT2D eigenvalue weighted by molar-refractivity contribution is 6.30. The molecule has 0 bridgehead atoms. The molecule has 0 saturated heterocycles. The molecule has 11 nitrogen and oxygen atoms in total. The molecule has 0 radical (unpaired) electrons. The van der Waals surface area contributed by atoms with E-state index < -0.39 is 0 Å². The summed E-state index contributed by atoms with van der Waals surface area (Å²) in [6.45, 7) is 2.69. The van der Waals surface area contributed by atoms with Gasteiger partial charge in [0.25, 0.3) is 5.91 Å². The number of pyridine rings is 1. The van der Waals surface area contributed by atoms with E-state index in [1.165, 1.54) is 6.20 Å². The molecule has 0 spiro atoms. The van der Waals surface area contributed by atoms with Crippen LogP contribution in [0.5, 0.6) is 5.75 Å². The Labute approximate surface area is 223 Å². The molecule has 4 N–H and O–H groups in total. The molecule has 5 rings (SSSR count). The van der Waals surface area contributed by atoms with Crippen LogP contribution in [-0.2, 0) is 6.54 Å². The monoisotopic (exact) mass is 532 g/mol. The van der Waals surface area contributed by atoms with Crippen LogP contribution < -0.4 is 21.2 Å². The number of rotatable bonds is 8. The maximum absolute atomic E-state index is 12.6. The predicted octanol–water partition coefficient (Wildman–Crippen LogP) is 3.47. The number of hydrogen-bond donors (Lipinski definition) is 4. The van der Waals surface area contributed by atoms with Gasteiger partial charge in [0, 0.05) is 23.2 Å². The fraction of sp³-hybridized carbons (Fsp3) is 0.154. The van der Waals surface area contributed by atoms with E-state index in [0.29, 0.717) is 28.7 Å². The van der Waals surface area contributed by atoms with Gasteiger partial charge in [-0.1, -0.05) is 23.7 Å². The normalized spacial score (nSPS) is 13.0.